The summed E-state index contributed by atoms with van der Waals surface area (Å²) in [4.78, 5) is 29.9. The van der Waals surface area contributed by atoms with Gasteiger partial charge in [-0.05, 0) is 31.2 Å². The molecule has 0 spiro atoms. The van der Waals surface area contributed by atoms with Gasteiger partial charge in [0, 0.05) is 28.7 Å². The van der Waals surface area contributed by atoms with Crippen molar-refractivity contribution < 1.29 is 9.72 Å². The Morgan fingerprint density at radius 1 is 1.21 bits per heavy atom. The Bertz CT molecular complexity index is 1210. The molecule has 0 aliphatic carbocycles. The van der Waals surface area contributed by atoms with Gasteiger partial charge < -0.3 is 10.3 Å². The highest BCUT2D eigenvalue weighted by Crippen LogP contribution is 2.24. The van der Waals surface area contributed by atoms with Gasteiger partial charge in [-0.15, -0.1) is 10.2 Å². The number of nitrogens with one attached hydrogen (secondary N) is 2. The van der Waals surface area contributed by atoms with Crippen LogP contribution in [0.3, 0.4) is 0 Å². The molecule has 0 radical (unpaired) electrons. The number of carbonyl (C=O) groups excluding carboxylic acids is 1. The Morgan fingerprint density at radius 2 is 2.00 bits per heavy atom. The predicted molar refractivity (Wildman–Crippen MR) is 106 cm³/mol. The summed E-state index contributed by atoms with van der Waals surface area (Å²) in [7, 11) is 0. The number of hydrogen-bond donors (Lipinski definition) is 2. The van der Waals surface area contributed by atoms with E-state index in [2.05, 4.69) is 25.5 Å². The molecule has 0 aliphatic rings. The van der Waals surface area contributed by atoms with Crippen LogP contribution in [0.15, 0.2) is 47.6 Å². The number of carbonyl (C=O) groups is 1. The van der Waals surface area contributed by atoms with Gasteiger partial charge in [0.25, 0.3) is 5.69 Å². The van der Waals surface area contributed by atoms with Crippen LogP contribution in [0.25, 0.3) is 22.1 Å². The van der Waals surface area contributed by atoms with Crippen LogP contribution in [0.5, 0.6) is 0 Å². The summed E-state index contributed by atoms with van der Waals surface area (Å²) < 4.78 is 0. The summed E-state index contributed by atoms with van der Waals surface area (Å²) in [6, 6.07) is 11.6. The molecule has 9 nitrogen and oxygen atoms in total. The van der Waals surface area contributed by atoms with Crippen molar-refractivity contribution in [2.75, 3.05) is 11.1 Å². The number of rotatable bonds is 5. The van der Waals surface area contributed by atoms with E-state index in [-0.39, 0.29) is 17.3 Å². The van der Waals surface area contributed by atoms with E-state index in [4.69, 9.17) is 0 Å². The number of nitro groups is 1. The normalized spacial score (nSPS) is 11.0. The molecule has 140 valence electrons. The SMILES string of the molecule is Cc1ccc2[nH]c3nc(SCC(=O)Nc4ccc([N+](=O)[O-])cc4)nnc3c2c1. The van der Waals surface area contributed by atoms with Gasteiger partial charge in [0.2, 0.25) is 11.1 Å². The summed E-state index contributed by atoms with van der Waals surface area (Å²) in [5.74, 6) is -0.182. The first-order valence-corrected chi connectivity index (χ1v) is 9.28. The van der Waals surface area contributed by atoms with Crippen molar-refractivity contribution in [3.05, 3.63) is 58.1 Å². The van der Waals surface area contributed by atoms with Crippen LogP contribution in [0.1, 0.15) is 5.56 Å². The molecule has 0 saturated carbocycles. The number of non-ortho nitro benzene ring substituents is 1. The lowest BCUT2D eigenvalue weighted by molar-refractivity contribution is -0.384. The van der Waals surface area contributed by atoms with Gasteiger partial charge in [-0.2, -0.15) is 0 Å². The number of thioether (sulfide) groups is 1. The maximum absolute atomic E-state index is 12.1. The number of aromatic nitrogens is 4. The zero-order valence-electron chi connectivity index (χ0n) is 14.7. The van der Waals surface area contributed by atoms with Crippen molar-refractivity contribution in [2.24, 2.45) is 0 Å². The van der Waals surface area contributed by atoms with Gasteiger partial charge in [0.15, 0.2) is 5.65 Å². The Hall–Kier alpha value is -3.53. The second-order valence-corrected chi connectivity index (χ2v) is 7.05. The third-order valence-corrected chi connectivity index (χ3v) is 4.88. The van der Waals surface area contributed by atoms with Gasteiger partial charge in [0.05, 0.1) is 10.7 Å². The molecule has 4 aromatic rings. The summed E-state index contributed by atoms with van der Waals surface area (Å²) in [6.45, 7) is 2.01. The van der Waals surface area contributed by atoms with Gasteiger partial charge in [0.1, 0.15) is 5.52 Å². The highest BCUT2D eigenvalue weighted by molar-refractivity contribution is 7.99. The minimum absolute atomic E-state index is 0.0336. The molecule has 10 heteroatoms. The Kier molecular flexibility index (Phi) is 4.62. The maximum atomic E-state index is 12.1. The first-order valence-electron chi connectivity index (χ1n) is 8.29. The van der Waals surface area contributed by atoms with Crippen molar-refractivity contribution in [1.29, 1.82) is 0 Å². The van der Waals surface area contributed by atoms with E-state index in [0.717, 1.165) is 28.2 Å². The predicted octanol–water partition coefficient (Wildman–Crippen LogP) is 3.45. The molecule has 0 bridgehead atoms. The third kappa shape index (κ3) is 3.62. The maximum Gasteiger partial charge on any atom is 0.269 e. The number of amides is 1. The zero-order valence-corrected chi connectivity index (χ0v) is 15.5. The van der Waals surface area contributed by atoms with Crippen LogP contribution in [-0.2, 0) is 4.79 Å². The molecule has 0 fully saturated rings. The average Bonchev–Trinajstić information content (AvgIpc) is 3.04. The van der Waals surface area contributed by atoms with E-state index in [1.807, 2.05) is 25.1 Å². The number of benzene rings is 2. The molecule has 0 unspecified atom stereocenters. The Balaban J connectivity index is 1.44. The van der Waals surface area contributed by atoms with Crippen LogP contribution in [-0.4, -0.2) is 36.7 Å². The number of H-pyrrole nitrogens is 1. The van der Waals surface area contributed by atoms with Gasteiger partial charge in [-0.1, -0.05) is 23.4 Å². The highest BCUT2D eigenvalue weighted by atomic mass is 32.2. The first-order chi connectivity index (χ1) is 13.5. The number of nitrogens with zero attached hydrogens (tertiary/aromatic N) is 4. The first kappa shape index (κ1) is 17.9. The minimum atomic E-state index is -0.493. The average molecular weight is 394 g/mol. The van der Waals surface area contributed by atoms with Crippen molar-refractivity contribution in [2.45, 2.75) is 12.1 Å². The molecular formula is C18H14N6O3S. The second kappa shape index (κ2) is 7.24. The van der Waals surface area contributed by atoms with Gasteiger partial charge in [-0.25, -0.2) is 4.98 Å². The fraction of sp³-hybridized carbons (Fsp3) is 0.111. The van der Waals surface area contributed by atoms with Crippen molar-refractivity contribution >= 4 is 51.1 Å². The molecule has 2 N–H and O–H groups in total. The molecule has 2 aromatic carbocycles. The zero-order chi connectivity index (χ0) is 19.7. The van der Waals surface area contributed by atoms with Gasteiger partial charge in [-0.3, -0.25) is 14.9 Å². The molecule has 2 aromatic heterocycles. The molecule has 4 rings (SSSR count). The number of hydrogen-bond acceptors (Lipinski definition) is 7. The van der Waals surface area contributed by atoms with E-state index >= 15 is 0 Å². The summed E-state index contributed by atoms with van der Waals surface area (Å²) in [5, 5.41) is 23.0. The summed E-state index contributed by atoms with van der Waals surface area (Å²) in [5.41, 5.74) is 3.81. The lowest BCUT2D eigenvalue weighted by Gasteiger charge is -2.04. The van der Waals surface area contributed by atoms with Crippen LogP contribution < -0.4 is 5.32 Å². The summed E-state index contributed by atoms with van der Waals surface area (Å²) in [6.07, 6.45) is 0. The number of aryl methyl sites for hydroxylation is 1. The van der Waals surface area contributed by atoms with Crippen molar-refractivity contribution in [3.8, 4) is 0 Å². The van der Waals surface area contributed by atoms with E-state index in [0.29, 0.717) is 22.0 Å². The minimum Gasteiger partial charge on any atom is -0.338 e. The Morgan fingerprint density at radius 3 is 2.75 bits per heavy atom. The molecule has 0 aliphatic heterocycles. The topological polar surface area (TPSA) is 127 Å². The van der Waals surface area contributed by atoms with E-state index < -0.39 is 4.92 Å². The fourth-order valence-electron chi connectivity index (χ4n) is 2.73. The monoisotopic (exact) mass is 394 g/mol. The van der Waals surface area contributed by atoms with Crippen LogP contribution in [0.2, 0.25) is 0 Å². The number of aromatic amines is 1. The van der Waals surface area contributed by atoms with Crippen LogP contribution in [0, 0.1) is 17.0 Å². The third-order valence-electron chi connectivity index (χ3n) is 4.04. The Labute approximate surface area is 162 Å². The van der Waals surface area contributed by atoms with Gasteiger partial charge >= 0.3 is 0 Å². The lowest BCUT2D eigenvalue weighted by Crippen LogP contribution is -2.14. The molecular weight excluding hydrogens is 380 g/mol. The molecule has 28 heavy (non-hydrogen) atoms. The van der Waals surface area contributed by atoms with Crippen molar-refractivity contribution in [1.82, 2.24) is 20.2 Å². The second-order valence-electron chi connectivity index (χ2n) is 6.11. The molecule has 2 heterocycles. The largest absolute Gasteiger partial charge is 0.338 e. The van der Waals surface area contributed by atoms with E-state index in [1.54, 1.807) is 0 Å². The van der Waals surface area contributed by atoms with E-state index in [1.165, 1.54) is 24.3 Å². The lowest BCUT2D eigenvalue weighted by atomic mass is 10.2. The summed E-state index contributed by atoms with van der Waals surface area (Å²) >= 11 is 1.16. The molecule has 0 saturated heterocycles. The standard InChI is InChI=1S/C18H14N6O3S/c1-10-2-7-14-13(8-10)16-17(20-14)21-18(23-22-16)28-9-15(25)19-11-3-5-12(6-4-11)24(26)27/h2-8H,9H2,1H3,(H,19,25)(H,20,21,23). The smallest absolute Gasteiger partial charge is 0.269 e. The van der Waals surface area contributed by atoms with Crippen molar-refractivity contribution in [3.63, 3.8) is 0 Å². The van der Waals surface area contributed by atoms with Crippen LogP contribution >= 0.6 is 11.8 Å². The van der Waals surface area contributed by atoms with Crippen LogP contribution in [0.4, 0.5) is 11.4 Å². The quantitative estimate of drug-likeness (QED) is 0.301. The number of nitro benzene ring substituents is 1. The molecule has 0 atom stereocenters. The fourth-order valence-corrected chi connectivity index (χ4v) is 3.31. The molecule has 1 amide bonds. The number of fused-ring (bicyclic) bond motifs is 3. The van der Waals surface area contributed by atoms with E-state index in [9.17, 15) is 14.9 Å². The highest BCUT2D eigenvalue weighted by Gasteiger charge is 2.12. The number of anilines is 1.